The van der Waals surface area contributed by atoms with Crippen LogP contribution in [-0.4, -0.2) is 61.4 Å². The first-order valence-electron chi connectivity index (χ1n) is 6.78. The second kappa shape index (κ2) is 6.43. The van der Waals surface area contributed by atoms with E-state index < -0.39 is 10.0 Å². The van der Waals surface area contributed by atoms with E-state index in [1.165, 1.54) is 13.1 Å². The third-order valence-electron chi connectivity index (χ3n) is 3.73. The predicted molar refractivity (Wildman–Crippen MR) is 80.5 cm³/mol. The van der Waals surface area contributed by atoms with Crippen LogP contribution < -0.4 is 0 Å². The normalized spacial score (nSPS) is 23.5. The van der Waals surface area contributed by atoms with Crippen molar-refractivity contribution in [2.75, 3.05) is 26.7 Å². The molecule has 2 rings (SSSR count). The monoisotopic (exact) mass is 332 g/mol. The van der Waals surface area contributed by atoms with Crippen LogP contribution in [0, 0.1) is 5.92 Å². The average Bonchev–Trinajstić information content (AvgIpc) is 2.96. The molecule has 1 aliphatic heterocycles. The lowest BCUT2D eigenvalue weighted by atomic mass is 9.97. The zero-order valence-electron chi connectivity index (χ0n) is 12.1. The molecule has 1 fully saturated rings. The van der Waals surface area contributed by atoms with Crippen LogP contribution >= 0.6 is 11.3 Å². The minimum atomic E-state index is -3.60. The molecule has 2 atom stereocenters. The highest BCUT2D eigenvalue weighted by atomic mass is 32.2. The number of likely N-dealkylation sites (N-methyl/N-ethyl adjacent to an activating group) is 1. The Balaban J connectivity index is 2.00. The van der Waals surface area contributed by atoms with E-state index in [0.29, 0.717) is 19.5 Å². The molecule has 1 saturated heterocycles. The molecule has 8 heteroatoms. The number of thiophene rings is 1. The van der Waals surface area contributed by atoms with Gasteiger partial charge in [-0.3, -0.25) is 4.79 Å². The van der Waals surface area contributed by atoms with Gasteiger partial charge in [0.2, 0.25) is 5.91 Å². The predicted octanol–water partition coefficient (Wildman–Crippen LogP) is 0.598. The third kappa shape index (κ3) is 3.63. The van der Waals surface area contributed by atoms with Gasteiger partial charge in [-0.15, -0.1) is 11.3 Å². The number of carbonyl (C=O) groups is 1. The molecule has 1 aliphatic rings. The molecule has 1 N–H and O–H groups in total. The van der Waals surface area contributed by atoms with Crippen LogP contribution in [0.4, 0.5) is 0 Å². The molecule has 1 aromatic heterocycles. The summed E-state index contributed by atoms with van der Waals surface area (Å²) in [6.45, 7) is 2.64. The smallest absolute Gasteiger partial charge is 0.252 e. The van der Waals surface area contributed by atoms with Gasteiger partial charge >= 0.3 is 0 Å². The SMILES string of the molecule is CC1CN(C(=O)CN(C)S(=O)(=O)c2cccs2)CCC1O. The fraction of sp³-hybridized carbons (Fsp3) is 0.615. The quantitative estimate of drug-likeness (QED) is 0.876. The van der Waals surface area contributed by atoms with Gasteiger partial charge in [0.1, 0.15) is 4.21 Å². The molecule has 0 bridgehead atoms. The molecule has 0 radical (unpaired) electrons. The zero-order chi connectivity index (χ0) is 15.6. The Bertz CT molecular complexity index is 585. The van der Waals surface area contributed by atoms with Gasteiger partial charge in [-0.2, -0.15) is 4.31 Å². The van der Waals surface area contributed by atoms with E-state index in [0.717, 1.165) is 15.6 Å². The minimum Gasteiger partial charge on any atom is -0.393 e. The van der Waals surface area contributed by atoms with Gasteiger partial charge in [0.05, 0.1) is 12.6 Å². The molecule has 21 heavy (non-hydrogen) atoms. The number of aliphatic hydroxyl groups is 1. The summed E-state index contributed by atoms with van der Waals surface area (Å²) in [7, 11) is -2.19. The Morgan fingerprint density at radius 2 is 2.29 bits per heavy atom. The van der Waals surface area contributed by atoms with Crippen LogP contribution in [0.3, 0.4) is 0 Å². The minimum absolute atomic E-state index is 0.0157. The van der Waals surface area contributed by atoms with Crippen LogP contribution in [0.2, 0.25) is 0 Å². The van der Waals surface area contributed by atoms with Gasteiger partial charge in [0.25, 0.3) is 10.0 Å². The highest BCUT2D eigenvalue weighted by molar-refractivity contribution is 7.91. The number of likely N-dealkylation sites (tertiary alicyclic amines) is 1. The van der Waals surface area contributed by atoms with Gasteiger partial charge in [-0.25, -0.2) is 8.42 Å². The number of carbonyl (C=O) groups excluding carboxylic acids is 1. The van der Waals surface area contributed by atoms with Crippen molar-refractivity contribution in [3.8, 4) is 0 Å². The molecule has 0 aromatic carbocycles. The molecular weight excluding hydrogens is 312 g/mol. The number of aliphatic hydroxyl groups excluding tert-OH is 1. The summed E-state index contributed by atoms with van der Waals surface area (Å²) in [5, 5.41) is 11.4. The summed E-state index contributed by atoms with van der Waals surface area (Å²) >= 11 is 1.13. The Labute approximate surface area is 129 Å². The van der Waals surface area contributed by atoms with Crippen molar-refractivity contribution < 1.29 is 18.3 Å². The first-order chi connectivity index (χ1) is 9.82. The lowest BCUT2D eigenvalue weighted by Crippen LogP contribution is -2.48. The van der Waals surface area contributed by atoms with E-state index in [9.17, 15) is 18.3 Å². The van der Waals surface area contributed by atoms with Crippen molar-refractivity contribution in [3.63, 3.8) is 0 Å². The summed E-state index contributed by atoms with van der Waals surface area (Å²) in [5.74, 6) is -0.210. The first kappa shape index (κ1) is 16.4. The third-order valence-corrected chi connectivity index (χ3v) is 6.91. The lowest BCUT2D eigenvalue weighted by molar-refractivity contribution is -0.134. The van der Waals surface area contributed by atoms with E-state index in [2.05, 4.69) is 0 Å². The standard InChI is InChI=1S/C13H20N2O4S2/c1-10-8-15(6-5-11(10)16)12(17)9-14(2)21(18,19)13-4-3-7-20-13/h3-4,7,10-11,16H,5-6,8-9H2,1-2H3. The van der Waals surface area contributed by atoms with Crippen molar-refractivity contribution in [2.45, 2.75) is 23.7 Å². The summed E-state index contributed by atoms with van der Waals surface area (Å²) in [4.78, 5) is 13.8. The Morgan fingerprint density at radius 1 is 1.57 bits per heavy atom. The Hall–Kier alpha value is -0.960. The number of nitrogens with zero attached hydrogens (tertiary/aromatic N) is 2. The van der Waals surface area contributed by atoms with E-state index in [1.807, 2.05) is 6.92 Å². The molecule has 0 spiro atoms. The largest absolute Gasteiger partial charge is 0.393 e. The maximum Gasteiger partial charge on any atom is 0.252 e. The summed E-state index contributed by atoms with van der Waals surface area (Å²) in [5.41, 5.74) is 0. The van der Waals surface area contributed by atoms with E-state index in [1.54, 1.807) is 16.3 Å². The van der Waals surface area contributed by atoms with E-state index >= 15 is 0 Å². The molecule has 2 heterocycles. The summed E-state index contributed by atoms with van der Waals surface area (Å²) in [6, 6.07) is 3.20. The molecule has 1 amide bonds. The molecule has 1 aromatic rings. The molecule has 118 valence electrons. The number of hydrogen-bond donors (Lipinski definition) is 1. The Morgan fingerprint density at radius 3 is 2.86 bits per heavy atom. The fourth-order valence-corrected chi connectivity index (χ4v) is 4.62. The molecular formula is C13H20N2O4S2. The number of hydrogen-bond acceptors (Lipinski definition) is 5. The van der Waals surface area contributed by atoms with E-state index in [4.69, 9.17) is 0 Å². The highest BCUT2D eigenvalue weighted by Gasteiger charge is 2.30. The second-order valence-corrected chi connectivity index (χ2v) is 8.59. The highest BCUT2D eigenvalue weighted by Crippen LogP contribution is 2.21. The van der Waals surface area contributed by atoms with Crippen LogP contribution in [0.1, 0.15) is 13.3 Å². The fourth-order valence-electron chi connectivity index (χ4n) is 2.30. The van der Waals surface area contributed by atoms with Crippen LogP contribution in [0.15, 0.2) is 21.7 Å². The van der Waals surface area contributed by atoms with Gasteiger partial charge in [-0.1, -0.05) is 13.0 Å². The molecule has 6 nitrogen and oxygen atoms in total. The van der Waals surface area contributed by atoms with Gasteiger partial charge in [0.15, 0.2) is 0 Å². The molecule has 0 aliphatic carbocycles. The number of amides is 1. The van der Waals surface area contributed by atoms with Crippen molar-refractivity contribution in [3.05, 3.63) is 17.5 Å². The van der Waals surface area contributed by atoms with Crippen molar-refractivity contribution >= 4 is 27.3 Å². The Kier molecular flexibility index (Phi) is 5.03. The van der Waals surface area contributed by atoms with Crippen LogP contribution in [0.5, 0.6) is 0 Å². The van der Waals surface area contributed by atoms with Crippen molar-refractivity contribution in [1.29, 1.82) is 0 Å². The lowest BCUT2D eigenvalue weighted by Gasteiger charge is -2.35. The number of sulfonamides is 1. The topological polar surface area (TPSA) is 77.9 Å². The van der Waals surface area contributed by atoms with Crippen molar-refractivity contribution in [2.24, 2.45) is 5.92 Å². The summed E-state index contributed by atoms with van der Waals surface area (Å²) in [6.07, 6.45) is 0.149. The van der Waals surface area contributed by atoms with Gasteiger partial charge < -0.3 is 10.0 Å². The zero-order valence-corrected chi connectivity index (χ0v) is 13.7. The second-order valence-electron chi connectivity index (χ2n) is 5.37. The summed E-state index contributed by atoms with van der Waals surface area (Å²) < 4.78 is 25.8. The maximum absolute atomic E-state index is 12.3. The van der Waals surface area contributed by atoms with Crippen molar-refractivity contribution in [1.82, 2.24) is 9.21 Å². The van der Waals surface area contributed by atoms with Gasteiger partial charge in [-0.05, 0) is 23.8 Å². The van der Waals surface area contributed by atoms with Crippen LogP contribution in [0.25, 0.3) is 0 Å². The number of rotatable bonds is 4. The first-order valence-corrected chi connectivity index (χ1v) is 9.10. The number of piperidine rings is 1. The molecule has 0 saturated carbocycles. The van der Waals surface area contributed by atoms with E-state index in [-0.39, 0.29) is 28.7 Å². The molecule has 2 unspecified atom stereocenters. The van der Waals surface area contributed by atoms with Gasteiger partial charge in [0, 0.05) is 20.1 Å². The maximum atomic E-state index is 12.3. The van der Waals surface area contributed by atoms with Crippen LogP contribution in [-0.2, 0) is 14.8 Å². The average molecular weight is 332 g/mol.